The molecule has 0 unspecified atom stereocenters. The second-order valence-corrected chi connectivity index (χ2v) is 7.68. The summed E-state index contributed by atoms with van der Waals surface area (Å²) in [6, 6.07) is 5.58. The van der Waals surface area contributed by atoms with Crippen LogP contribution in [-0.4, -0.2) is 28.2 Å². The topological polar surface area (TPSA) is 46.6 Å². The maximum atomic E-state index is 12.4. The molecule has 1 aromatic carbocycles. The Labute approximate surface area is 155 Å². The van der Waals surface area contributed by atoms with Gasteiger partial charge in [0.15, 0.2) is 0 Å². The summed E-state index contributed by atoms with van der Waals surface area (Å²) < 4.78 is 6.65. The number of carbonyl (C=O) groups is 2. The summed E-state index contributed by atoms with van der Waals surface area (Å²) in [6.45, 7) is 7.94. The Morgan fingerprint density at radius 1 is 1.25 bits per heavy atom. The first-order valence-corrected chi connectivity index (χ1v) is 9.71. The third-order valence-electron chi connectivity index (χ3n) is 4.01. The van der Waals surface area contributed by atoms with E-state index in [1.165, 1.54) is 4.90 Å². The molecule has 2 atom stereocenters. The third-order valence-corrected chi connectivity index (χ3v) is 5.52. The number of benzene rings is 1. The molecule has 0 bridgehead atoms. The minimum atomic E-state index is -0.213. The van der Waals surface area contributed by atoms with Crippen LogP contribution in [0.4, 0.5) is 4.79 Å². The number of halogens is 1. The molecule has 1 fully saturated rings. The molecule has 1 saturated heterocycles. The van der Waals surface area contributed by atoms with Crippen molar-refractivity contribution in [2.24, 2.45) is 0 Å². The van der Waals surface area contributed by atoms with Crippen molar-refractivity contribution in [3.63, 3.8) is 0 Å². The summed E-state index contributed by atoms with van der Waals surface area (Å²) in [4.78, 5) is 26.3. The second kappa shape index (κ2) is 8.21. The van der Waals surface area contributed by atoms with Crippen LogP contribution in [0.5, 0.6) is 5.75 Å². The van der Waals surface area contributed by atoms with E-state index in [1.54, 1.807) is 6.08 Å². The molecular weight excluding hydrogens is 390 g/mol. The Bertz CT molecular complexity index is 674. The largest absolute Gasteiger partial charge is 0.490 e. The number of amides is 2. The molecule has 1 aliphatic heterocycles. The van der Waals surface area contributed by atoms with Crippen molar-refractivity contribution in [3.05, 3.63) is 33.1 Å². The molecule has 0 aliphatic carbocycles. The molecule has 6 heteroatoms. The first-order chi connectivity index (χ1) is 11.4. The van der Waals surface area contributed by atoms with Gasteiger partial charge in [0, 0.05) is 6.04 Å². The predicted molar refractivity (Wildman–Crippen MR) is 102 cm³/mol. The zero-order chi connectivity index (χ0) is 17.9. The van der Waals surface area contributed by atoms with Gasteiger partial charge in [-0.25, -0.2) is 0 Å². The molecule has 24 heavy (non-hydrogen) atoms. The Kier molecular flexibility index (Phi) is 6.52. The lowest BCUT2D eigenvalue weighted by Crippen LogP contribution is -2.36. The first-order valence-electron chi connectivity index (χ1n) is 8.10. The van der Waals surface area contributed by atoms with Gasteiger partial charge in [0.1, 0.15) is 5.75 Å². The Hall–Kier alpha value is -1.27. The van der Waals surface area contributed by atoms with Crippen LogP contribution in [-0.2, 0) is 4.79 Å². The smallest absolute Gasteiger partial charge is 0.293 e. The maximum Gasteiger partial charge on any atom is 0.293 e. The van der Waals surface area contributed by atoms with Crippen molar-refractivity contribution in [1.29, 1.82) is 0 Å². The van der Waals surface area contributed by atoms with E-state index in [9.17, 15) is 9.59 Å². The van der Waals surface area contributed by atoms with Crippen LogP contribution in [0, 0.1) is 0 Å². The molecule has 0 aromatic heterocycles. The van der Waals surface area contributed by atoms with Crippen LogP contribution in [0.15, 0.2) is 27.6 Å². The van der Waals surface area contributed by atoms with E-state index in [2.05, 4.69) is 22.9 Å². The van der Waals surface area contributed by atoms with Crippen molar-refractivity contribution >= 4 is 44.9 Å². The molecule has 4 nitrogen and oxygen atoms in total. The van der Waals surface area contributed by atoms with Gasteiger partial charge in [0.25, 0.3) is 11.1 Å². The third kappa shape index (κ3) is 4.22. The number of hydrogen-bond donors (Lipinski definition) is 0. The summed E-state index contributed by atoms with van der Waals surface area (Å²) >= 11 is 4.50. The van der Waals surface area contributed by atoms with Gasteiger partial charge < -0.3 is 4.74 Å². The van der Waals surface area contributed by atoms with Gasteiger partial charge in [-0.15, -0.1) is 0 Å². The van der Waals surface area contributed by atoms with Gasteiger partial charge in [0.2, 0.25) is 0 Å². The lowest BCUT2D eigenvalue weighted by Gasteiger charge is -2.19. The Balaban J connectivity index is 2.21. The average molecular weight is 412 g/mol. The fourth-order valence-electron chi connectivity index (χ4n) is 2.20. The van der Waals surface area contributed by atoms with Crippen molar-refractivity contribution < 1.29 is 14.3 Å². The SMILES string of the molecule is CC[C@H](C)Oc1ccc(/C=C2/SC(=O)N([C@@H](C)CC)C2=O)cc1Br. The number of thioether (sulfide) groups is 1. The zero-order valence-electron chi connectivity index (χ0n) is 14.3. The van der Waals surface area contributed by atoms with Gasteiger partial charge in [-0.05, 0) is 78.2 Å². The molecule has 2 rings (SSSR count). The van der Waals surface area contributed by atoms with Gasteiger partial charge in [0.05, 0.1) is 15.5 Å². The number of ether oxygens (including phenoxy) is 1. The summed E-state index contributed by atoms with van der Waals surface area (Å²) in [5.74, 6) is 0.560. The Morgan fingerprint density at radius 2 is 1.96 bits per heavy atom. The molecule has 0 saturated carbocycles. The maximum absolute atomic E-state index is 12.4. The van der Waals surface area contributed by atoms with Gasteiger partial charge in [-0.1, -0.05) is 19.9 Å². The van der Waals surface area contributed by atoms with Crippen LogP contribution in [0.2, 0.25) is 0 Å². The minimum absolute atomic E-state index is 0.0820. The van der Waals surface area contributed by atoms with E-state index >= 15 is 0 Å². The number of imide groups is 1. The molecule has 0 radical (unpaired) electrons. The van der Waals surface area contributed by atoms with E-state index in [1.807, 2.05) is 39.0 Å². The van der Waals surface area contributed by atoms with E-state index in [0.29, 0.717) is 4.91 Å². The van der Waals surface area contributed by atoms with Gasteiger partial charge >= 0.3 is 0 Å². The van der Waals surface area contributed by atoms with Crippen LogP contribution < -0.4 is 4.74 Å². The quantitative estimate of drug-likeness (QED) is 0.582. The zero-order valence-corrected chi connectivity index (χ0v) is 16.7. The summed E-state index contributed by atoms with van der Waals surface area (Å²) in [5, 5.41) is -0.198. The van der Waals surface area contributed by atoms with Crippen molar-refractivity contribution in [2.45, 2.75) is 52.7 Å². The first kappa shape index (κ1) is 19.1. The van der Waals surface area contributed by atoms with Crippen LogP contribution >= 0.6 is 27.7 Å². The van der Waals surface area contributed by atoms with Crippen molar-refractivity contribution in [3.8, 4) is 5.75 Å². The van der Waals surface area contributed by atoms with Crippen LogP contribution in [0.1, 0.15) is 46.1 Å². The fraction of sp³-hybridized carbons (Fsp3) is 0.444. The van der Waals surface area contributed by atoms with Gasteiger partial charge in [-0.3, -0.25) is 14.5 Å². The number of hydrogen-bond acceptors (Lipinski definition) is 4. The van der Waals surface area contributed by atoms with Crippen molar-refractivity contribution in [2.75, 3.05) is 0 Å². The lowest BCUT2D eigenvalue weighted by atomic mass is 10.2. The summed E-state index contributed by atoms with van der Waals surface area (Å²) in [7, 11) is 0. The summed E-state index contributed by atoms with van der Waals surface area (Å²) in [5.41, 5.74) is 0.855. The lowest BCUT2D eigenvalue weighted by molar-refractivity contribution is -0.124. The second-order valence-electron chi connectivity index (χ2n) is 5.84. The highest BCUT2D eigenvalue weighted by molar-refractivity contribution is 9.10. The monoisotopic (exact) mass is 411 g/mol. The van der Waals surface area contributed by atoms with E-state index in [0.717, 1.165) is 40.4 Å². The molecular formula is C18H22BrNO3S. The molecule has 1 aromatic rings. The predicted octanol–water partition coefficient (Wildman–Crippen LogP) is 5.46. The number of nitrogens with zero attached hydrogens (tertiary/aromatic N) is 1. The molecule has 0 spiro atoms. The van der Waals surface area contributed by atoms with E-state index in [4.69, 9.17) is 4.74 Å². The molecule has 1 aliphatic rings. The van der Waals surface area contributed by atoms with E-state index in [-0.39, 0.29) is 23.3 Å². The highest BCUT2D eigenvalue weighted by Crippen LogP contribution is 2.35. The molecule has 130 valence electrons. The standard InChI is InChI=1S/C18H22BrNO3S/c1-5-11(3)20-17(21)16(24-18(20)22)10-13-7-8-15(14(19)9-13)23-12(4)6-2/h7-12H,5-6H2,1-4H3/b16-10+/t11-,12-/m0/s1. The van der Waals surface area contributed by atoms with Gasteiger partial charge in [-0.2, -0.15) is 0 Å². The van der Waals surface area contributed by atoms with Crippen LogP contribution in [0.25, 0.3) is 6.08 Å². The normalized spacial score (nSPS) is 19.0. The number of rotatable bonds is 6. The Morgan fingerprint density at radius 3 is 2.54 bits per heavy atom. The van der Waals surface area contributed by atoms with Crippen LogP contribution in [0.3, 0.4) is 0 Å². The van der Waals surface area contributed by atoms with E-state index < -0.39 is 0 Å². The highest BCUT2D eigenvalue weighted by atomic mass is 79.9. The highest BCUT2D eigenvalue weighted by Gasteiger charge is 2.37. The summed E-state index contributed by atoms with van der Waals surface area (Å²) in [6.07, 6.45) is 3.57. The average Bonchev–Trinajstić information content (AvgIpc) is 2.83. The molecule has 0 N–H and O–H groups in total. The number of carbonyl (C=O) groups excluding carboxylic acids is 2. The molecule has 2 amide bonds. The fourth-order valence-corrected chi connectivity index (χ4v) is 3.62. The molecule has 1 heterocycles. The van der Waals surface area contributed by atoms with Crippen molar-refractivity contribution in [1.82, 2.24) is 4.90 Å². The minimum Gasteiger partial charge on any atom is -0.490 e.